The zero-order valence-electron chi connectivity index (χ0n) is 14.1. The van der Waals surface area contributed by atoms with Gasteiger partial charge in [0.2, 0.25) is 0 Å². The third-order valence-corrected chi connectivity index (χ3v) is 4.89. The van der Waals surface area contributed by atoms with Gasteiger partial charge < -0.3 is 9.80 Å². The number of benzene rings is 1. The van der Waals surface area contributed by atoms with Crippen LogP contribution < -0.4 is 4.90 Å². The monoisotopic (exact) mass is 333 g/mol. The normalized spacial score (nSPS) is 16.8. The lowest BCUT2D eigenvalue weighted by molar-refractivity contribution is 0.360. The van der Waals surface area contributed by atoms with Crippen LogP contribution in [-0.2, 0) is 0 Å². The Labute approximate surface area is 144 Å². The van der Waals surface area contributed by atoms with E-state index >= 15 is 0 Å². The molecule has 1 aliphatic heterocycles. The molecule has 25 heavy (non-hydrogen) atoms. The number of anilines is 1. The standard InChI is InChI=1S/C18H19N7/c1-23-7-4-8-24(10-9-23)17-18-21-13-5-2-3-6-15(13)25(18)16-14(22-17)11-19-12-20-16/h2-3,5-6,11-12H,4,7-10H2,1H3. The summed E-state index contributed by atoms with van der Waals surface area (Å²) in [6.45, 7) is 4.06. The quantitative estimate of drug-likeness (QED) is 0.531. The number of hydrogen-bond donors (Lipinski definition) is 0. The van der Waals surface area contributed by atoms with E-state index in [9.17, 15) is 0 Å². The highest BCUT2D eigenvalue weighted by Gasteiger charge is 2.21. The van der Waals surface area contributed by atoms with Crippen LogP contribution in [0.15, 0.2) is 36.8 Å². The maximum absolute atomic E-state index is 4.89. The van der Waals surface area contributed by atoms with Crippen molar-refractivity contribution in [3.8, 4) is 0 Å². The summed E-state index contributed by atoms with van der Waals surface area (Å²) >= 11 is 0. The van der Waals surface area contributed by atoms with Gasteiger partial charge in [0.05, 0.1) is 17.2 Å². The average molecular weight is 333 g/mol. The molecule has 0 N–H and O–H groups in total. The summed E-state index contributed by atoms with van der Waals surface area (Å²) in [6.07, 6.45) is 4.47. The maximum atomic E-state index is 4.89. The Kier molecular flexibility index (Phi) is 3.27. The van der Waals surface area contributed by atoms with Gasteiger partial charge in [0.15, 0.2) is 17.1 Å². The van der Waals surface area contributed by atoms with Gasteiger partial charge in [-0.1, -0.05) is 12.1 Å². The smallest absolute Gasteiger partial charge is 0.183 e. The first kappa shape index (κ1) is 14.5. The van der Waals surface area contributed by atoms with E-state index in [1.807, 2.05) is 18.2 Å². The van der Waals surface area contributed by atoms with E-state index in [4.69, 9.17) is 9.97 Å². The molecule has 3 aromatic heterocycles. The molecular weight excluding hydrogens is 314 g/mol. The zero-order valence-corrected chi connectivity index (χ0v) is 14.1. The van der Waals surface area contributed by atoms with Crippen LogP contribution in [0.1, 0.15) is 6.42 Å². The maximum Gasteiger partial charge on any atom is 0.183 e. The molecule has 1 aliphatic rings. The van der Waals surface area contributed by atoms with E-state index in [0.29, 0.717) is 0 Å². The van der Waals surface area contributed by atoms with E-state index < -0.39 is 0 Å². The summed E-state index contributed by atoms with van der Waals surface area (Å²) in [5.41, 5.74) is 4.48. The number of rotatable bonds is 1. The van der Waals surface area contributed by atoms with Crippen molar-refractivity contribution in [2.24, 2.45) is 0 Å². The van der Waals surface area contributed by atoms with E-state index in [1.54, 1.807) is 12.5 Å². The fraction of sp³-hybridized carbons (Fsp3) is 0.333. The first-order valence-corrected chi connectivity index (χ1v) is 8.62. The Hall–Kier alpha value is -2.80. The van der Waals surface area contributed by atoms with Crippen LogP contribution in [0.25, 0.3) is 27.8 Å². The van der Waals surface area contributed by atoms with Crippen LogP contribution in [0.2, 0.25) is 0 Å². The van der Waals surface area contributed by atoms with Crippen molar-refractivity contribution < 1.29 is 0 Å². The third kappa shape index (κ3) is 2.31. The van der Waals surface area contributed by atoms with Crippen LogP contribution in [0, 0.1) is 0 Å². The lowest BCUT2D eigenvalue weighted by Crippen LogP contribution is -2.30. The topological polar surface area (TPSA) is 62.5 Å². The summed E-state index contributed by atoms with van der Waals surface area (Å²) < 4.78 is 2.11. The number of nitrogens with zero attached hydrogens (tertiary/aromatic N) is 7. The lowest BCUT2D eigenvalue weighted by Gasteiger charge is -2.22. The highest BCUT2D eigenvalue weighted by Crippen LogP contribution is 2.28. The number of aromatic nitrogens is 5. The number of imidazole rings is 1. The van der Waals surface area contributed by atoms with Crippen molar-refractivity contribution in [1.82, 2.24) is 29.2 Å². The van der Waals surface area contributed by atoms with E-state index in [-0.39, 0.29) is 0 Å². The van der Waals surface area contributed by atoms with Crippen molar-refractivity contribution in [3.63, 3.8) is 0 Å². The summed E-state index contributed by atoms with van der Waals surface area (Å²) in [4.78, 5) is 23.1. The number of para-hydroxylation sites is 2. The minimum absolute atomic E-state index is 0.797. The molecule has 1 fully saturated rings. The molecule has 1 aromatic carbocycles. The first-order valence-electron chi connectivity index (χ1n) is 8.62. The van der Waals surface area contributed by atoms with Crippen molar-refractivity contribution in [2.45, 2.75) is 6.42 Å². The predicted octanol–water partition coefficient (Wildman–Crippen LogP) is 1.97. The number of hydrogen-bond acceptors (Lipinski definition) is 6. The van der Waals surface area contributed by atoms with E-state index in [2.05, 4.69) is 37.3 Å². The van der Waals surface area contributed by atoms with Gasteiger partial charge in [0.25, 0.3) is 0 Å². The van der Waals surface area contributed by atoms with E-state index in [0.717, 1.165) is 66.3 Å². The molecule has 0 saturated carbocycles. The van der Waals surface area contributed by atoms with Gasteiger partial charge in [-0.2, -0.15) is 0 Å². The van der Waals surface area contributed by atoms with Crippen LogP contribution in [-0.4, -0.2) is 62.5 Å². The molecule has 126 valence electrons. The van der Waals surface area contributed by atoms with Crippen LogP contribution in [0.5, 0.6) is 0 Å². The minimum Gasteiger partial charge on any atom is -0.352 e. The second-order valence-electron chi connectivity index (χ2n) is 6.57. The van der Waals surface area contributed by atoms with Gasteiger partial charge in [-0.15, -0.1) is 0 Å². The summed E-state index contributed by atoms with van der Waals surface area (Å²) in [5.74, 6) is 0.925. The minimum atomic E-state index is 0.797. The fourth-order valence-corrected chi connectivity index (χ4v) is 3.59. The van der Waals surface area contributed by atoms with E-state index in [1.165, 1.54) is 0 Å². The van der Waals surface area contributed by atoms with Crippen LogP contribution >= 0.6 is 0 Å². The third-order valence-electron chi connectivity index (χ3n) is 4.89. The molecule has 0 spiro atoms. The molecule has 0 amide bonds. The van der Waals surface area contributed by atoms with Crippen molar-refractivity contribution in [3.05, 3.63) is 36.8 Å². The largest absolute Gasteiger partial charge is 0.352 e. The highest BCUT2D eigenvalue weighted by atomic mass is 15.3. The molecule has 0 radical (unpaired) electrons. The SMILES string of the molecule is CN1CCCN(c2nc3cncnc3n3c2nc2ccccc23)CC1. The summed E-state index contributed by atoms with van der Waals surface area (Å²) in [6, 6.07) is 8.16. The van der Waals surface area contributed by atoms with Gasteiger partial charge in [0, 0.05) is 19.6 Å². The Morgan fingerprint density at radius 2 is 1.84 bits per heavy atom. The second kappa shape index (κ2) is 5.63. The molecule has 4 heterocycles. The van der Waals surface area contributed by atoms with Gasteiger partial charge in [-0.25, -0.2) is 19.9 Å². The van der Waals surface area contributed by atoms with Gasteiger partial charge in [-0.3, -0.25) is 4.40 Å². The van der Waals surface area contributed by atoms with Gasteiger partial charge in [-0.05, 0) is 32.1 Å². The summed E-state index contributed by atoms with van der Waals surface area (Å²) in [5, 5.41) is 0. The molecule has 7 heteroatoms. The Balaban J connectivity index is 1.82. The van der Waals surface area contributed by atoms with Crippen molar-refractivity contribution >= 4 is 33.7 Å². The Morgan fingerprint density at radius 1 is 0.920 bits per heavy atom. The molecule has 0 atom stereocenters. The van der Waals surface area contributed by atoms with Crippen LogP contribution in [0.4, 0.5) is 5.82 Å². The molecule has 0 bridgehead atoms. The number of fused-ring (bicyclic) bond motifs is 5. The first-order chi connectivity index (χ1) is 12.3. The molecular formula is C18H19N7. The molecule has 0 unspecified atom stereocenters. The highest BCUT2D eigenvalue weighted by molar-refractivity contribution is 5.91. The summed E-state index contributed by atoms with van der Waals surface area (Å²) in [7, 11) is 2.17. The Morgan fingerprint density at radius 3 is 2.80 bits per heavy atom. The van der Waals surface area contributed by atoms with Crippen molar-refractivity contribution in [1.29, 1.82) is 0 Å². The van der Waals surface area contributed by atoms with Crippen LogP contribution in [0.3, 0.4) is 0 Å². The molecule has 5 rings (SSSR count). The average Bonchev–Trinajstić information content (AvgIpc) is 2.90. The van der Waals surface area contributed by atoms with Crippen molar-refractivity contribution in [2.75, 3.05) is 38.1 Å². The molecule has 0 aliphatic carbocycles. The fourth-order valence-electron chi connectivity index (χ4n) is 3.59. The zero-order chi connectivity index (χ0) is 16.8. The second-order valence-corrected chi connectivity index (χ2v) is 6.57. The molecule has 7 nitrogen and oxygen atoms in total. The predicted molar refractivity (Wildman–Crippen MR) is 97.9 cm³/mol. The Bertz CT molecular complexity index is 1070. The number of likely N-dealkylation sites (N-methyl/N-ethyl adjacent to an activating group) is 1. The molecule has 1 saturated heterocycles. The lowest BCUT2D eigenvalue weighted by atomic mass is 10.3. The van der Waals surface area contributed by atoms with Gasteiger partial charge >= 0.3 is 0 Å². The molecule has 4 aromatic rings. The van der Waals surface area contributed by atoms with Gasteiger partial charge in [0.1, 0.15) is 11.8 Å².